The molecule has 3 rings (SSSR count). The van der Waals surface area contributed by atoms with Gasteiger partial charge in [0.25, 0.3) is 0 Å². The number of anilines is 1. The molecule has 1 aliphatic heterocycles. The van der Waals surface area contributed by atoms with Gasteiger partial charge in [0.15, 0.2) is 5.82 Å². The molecule has 1 amide bonds. The molecule has 1 aliphatic rings. The minimum absolute atomic E-state index is 0.0262. The van der Waals surface area contributed by atoms with Crippen LogP contribution in [0.25, 0.3) is 11.4 Å². The summed E-state index contributed by atoms with van der Waals surface area (Å²) in [5.41, 5.74) is 6.72. The van der Waals surface area contributed by atoms with Crippen molar-refractivity contribution >= 4 is 22.6 Å². The minimum atomic E-state index is -0.0958. The first-order valence-corrected chi connectivity index (χ1v) is 6.46. The van der Waals surface area contributed by atoms with Gasteiger partial charge < -0.3 is 5.73 Å². The van der Waals surface area contributed by atoms with E-state index >= 15 is 0 Å². The van der Waals surface area contributed by atoms with Crippen LogP contribution in [-0.2, 0) is 4.79 Å². The zero-order valence-corrected chi connectivity index (χ0v) is 10.4. The maximum Gasteiger partial charge on any atom is 0.230 e. The van der Waals surface area contributed by atoms with Crippen LogP contribution in [0, 0.1) is 0 Å². The van der Waals surface area contributed by atoms with Crippen LogP contribution >= 0.6 is 11.5 Å². The smallest absolute Gasteiger partial charge is 0.230 e. The summed E-state index contributed by atoms with van der Waals surface area (Å²) in [6.07, 6.45) is 0.389. The average Bonchev–Trinajstić information content (AvgIpc) is 2.97. The Morgan fingerprint density at radius 3 is 2.78 bits per heavy atom. The van der Waals surface area contributed by atoms with Crippen molar-refractivity contribution in [1.29, 1.82) is 0 Å². The van der Waals surface area contributed by atoms with Crippen LogP contribution in [0.1, 0.15) is 6.42 Å². The van der Waals surface area contributed by atoms with E-state index in [0.29, 0.717) is 23.9 Å². The van der Waals surface area contributed by atoms with Crippen LogP contribution in [0.3, 0.4) is 0 Å². The molecule has 6 heteroatoms. The lowest BCUT2D eigenvalue weighted by Crippen LogP contribution is -2.27. The second-order valence-corrected chi connectivity index (χ2v) is 4.97. The normalized spacial score (nSPS) is 19.5. The van der Waals surface area contributed by atoms with Crippen LogP contribution in [0.15, 0.2) is 30.3 Å². The molecular weight excluding hydrogens is 248 g/mol. The molecule has 2 aromatic rings. The summed E-state index contributed by atoms with van der Waals surface area (Å²) >= 11 is 1.24. The summed E-state index contributed by atoms with van der Waals surface area (Å²) in [7, 11) is 0. The van der Waals surface area contributed by atoms with Crippen molar-refractivity contribution < 1.29 is 4.79 Å². The molecular formula is C12H12N4OS. The van der Waals surface area contributed by atoms with Crippen molar-refractivity contribution in [3.63, 3.8) is 0 Å². The highest BCUT2D eigenvalue weighted by Gasteiger charge is 2.30. The highest BCUT2D eigenvalue weighted by Crippen LogP contribution is 2.26. The van der Waals surface area contributed by atoms with Gasteiger partial charge in [0.1, 0.15) is 0 Å². The molecule has 18 heavy (non-hydrogen) atoms. The Labute approximate surface area is 108 Å². The number of hydrogen-bond donors (Lipinski definition) is 1. The molecule has 92 valence electrons. The van der Waals surface area contributed by atoms with Gasteiger partial charge in [-0.05, 0) is 0 Å². The van der Waals surface area contributed by atoms with Crippen LogP contribution in [0.2, 0.25) is 0 Å². The summed E-state index contributed by atoms with van der Waals surface area (Å²) in [6.45, 7) is 0.530. The van der Waals surface area contributed by atoms with Gasteiger partial charge in [0.05, 0.1) is 0 Å². The van der Waals surface area contributed by atoms with Crippen LogP contribution in [0.4, 0.5) is 5.13 Å². The number of amides is 1. The zero-order chi connectivity index (χ0) is 12.5. The minimum Gasteiger partial charge on any atom is -0.326 e. The lowest BCUT2D eigenvalue weighted by atomic mass is 10.2. The molecule has 0 aliphatic carbocycles. The van der Waals surface area contributed by atoms with E-state index in [9.17, 15) is 4.79 Å². The van der Waals surface area contributed by atoms with Crippen molar-refractivity contribution in [3.8, 4) is 11.4 Å². The Bertz CT molecular complexity index is 568. The van der Waals surface area contributed by atoms with Gasteiger partial charge in [-0.25, -0.2) is 0 Å². The molecule has 1 atom stereocenters. The molecule has 0 saturated carbocycles. The SMILES string of the molecule is NC1CC(=O)N(c2nc(-c3ccccc3)ns2)C1. The first-order chi connectivity index (χ1) is 8.74. The fraction of sp³-hybridized carbons (Fsp3) is 0.250. The summed E-state index contributed by atoms with van der Waals surface area (Å²) < 4.78 is 4.29. The number of hydrogen-bond acceptors (Lipinski definition) is 5. The summed E-state index contributed by atoms with van der Waals surface area (Å²) in [6, 6.07) is 9.62. The van der Waals surface area contributed by atoms with Gasteiger partial charge in [-0.15, -0.1) is 0 Å². The van der Waals surface area contributed by atoms with E-state index in [-0.39, 0.29) is 11.9 Å². The third kappa shape index (κ3) is 2.00. The van der Waals surface area contributed by atoms with Gasteiger partial charge in [-0.1, -0.05) is 30.3 Å². The quantitative estimate of drug-likeness (QED) is 0.882. The summed E-state index contributed by atoms with van der Waals surface area (Å²) in [5, 5.41) is 0.631. The van der Waals surface area contributed by atoms with Gasteiger partial charge in [-0.3, -0.25) is 9.69 Å². The van der Waals surface area contributed by atoms with E-state index in [2.05, 4.69) is 9.36 Å². The highest BCUT2D eigenvalue weighted by molar-refractivity contribution is 7.10. The van der Waals surface area contributed by atoms with E-state index in [1.54, 1.807) is 4.90 Å². The lowest BCUT2D eigenvalue weighted by Gasteiger charge is -2.10. The fourth-order valence-corrected chi connectivity index (χ4v) is 2.67. The van der Waals surface area contributed by atoms with Crippen LogP contribution < -0.4 is 10.6 Å². The Kier molecular flexibility index (Phi) is 2.81. The standard InChI is InChI=1S/C12H12N4OS/c13-9-6-10(17)16(7-9)12-14-11(15-18-12)8-4-2-1-3-5-8/h1-5,9H,6-7,13H2. The number of nitrogens with zero attached hydrogens (tertiary/aromatic N) is 3. The topological polar surface area (TPSA) is 72.1 Å². The molecule has 1 aromatic carbocycles. The lowest BCUT2D eigenvalue weighted by molar-refractivity contribution is -0.117. The molecule has 2 N–H and O–H groups in total. The second kappa shape index (κ2) is 4.47. The number of aromatic nitrogens is 2. The van der Waals surface area contributed by atoms with Gasteiger partial charge in [0.2, 0.25) is 11.0 Å². The largest absolute Gasteiger partial charge is 0.326 e. The van der Waals surface area contributed by atoms with E-state index in [4.69, 9.17) is 5.73 Å². The maximum atomic E-state index is 11.7. The Hall–Kier alpha value is -1.79. The molecule has 0 radical (unpaired) electrons. The maximum absolute atomic E-state index is 11.7. The van der Waals surface area contributed by atoms with E-state index < -0.39 is 0 Å². The Balaban J connectivity index is 1.88. The molecule has 1 fully saturated rings. The molecule has 1 unspecified atom stereocenters. The second-order valence-electron chi connectivity index (χ2n) is 4.24. The van der Waals surface area contributed by atoms with E-state index in [0.717, 1.165) is 5.56 Å². The molecule has 1 aromatic heterocycles. The van der Waals surface area contributed by atoms with Crippen LogP contribution in [0.5, 0.6) is 0 Å². The van der Waals surface area contributed by atoms with E-state index in [1.165, 1.54) is 11.5 Å². The number of benzene rings is 1. The molecule has 1 saturated heterocycles. The Morgan fingerprint density at radius 1 is 1.33 bits per heavy atom. The van der Waals surface area contributed by atoms with Gasteiger partial charge in [0, 0.05) is 36.1 Å². The van der Waals surface area contributed by atoms with Gasteiger partial charge >= 0.3 is 0 Å². The third-order valence-corrected chi connectivity index (χ3v) is 3.57. The highest BCUT2D eigenvalue weighted by atomic mass is 32.1. The van der Waals surface area contributed by atoms with Crippen molar-refractivity contribution in [2.24, 2.45) is 5.73 Å². The predicted octanol–water partition coefficient (Wildman–Crippen LogP) is 1.27. The van der Waals surface area contributed by atoms with Crippen molar-refractivity contribution in [3.05, 3.63) is 30.3 Å². The van der Waals surface area contributed by atoms with Crippen molar-refractivity contribution in [2.45, 2.75) is 12.5 Å². The zero-order valence-electron chi connectivity index (χ0n) is 9.61. The third-order valence-electron chi connectivity index (χ3n) is 2.83. The van der Waals surface area contributed by atoms with E-state index in [1.807, 2.05) is 30.3 Å². The first-order valence-electron chi connectivity index (χ1n) is 5.69. The summed E-state index contributed by atoms with van der Waals surface area (Å²) in [5.74, 6) is 0.683. The number of nitrogens with two attached hydrogens (primary N) is 1. The van der Waals surface area contributed by atoms with Gasteiger partial charge in [-0.2, -0.15) is 9.36 Å². The number of carbonyl (C=O) groups is 1. The molecule has 0 spiro atoms. The predicted molar refractivity (Wildman–Crippen MR) is 70.3 cm³/mol. The number of carbonyl (C=O) groups excluding carboxylic acids is 1. The molecule has 0 bridgehead atoms. The van der Waals surface area contributed by atoms with Crippen LogP contribution in [-0.4, -0.2) is 27.9 Å². The molecule has 5 nitrogen and oxygen atoms in total. The Morgan fingerprint density at radius 2 is 2.11 bits per heavy atom. The fourth-order valence-electron chi connectivity index (χ4n) is 1.95. The van der Waals surface area contributed by atoms with Crippen molar-refractivity contribution in [2.75, 3.05) is 11.4 Å². The first kappa shape index (κ1) is 11.3. The number of rotatable bonds is 2. The van der Waals surface area contributed by atoms with Crippen molar-refractivity contribution in [1.82, 2.24) is 9.36 Å². The monoisotopic (exact) mass is 260 g/mol. The summed E-state index contributed by atoms with van der Waals surface area (Å²) in [4.78, 5) is 17.7. The molecule has 2 heterocycles. The average molecular weight is 260 g/mol.